The van der Waals surface area contributed by atoms with E-state index >= 15 is 0 Å². The molecule has 0 radical (unpaired) electrons. The van der Waals surface area contributed by atoms with Crippen LogP contribution in [0.25, 0.3) is 22.3 Å². The van der Waals surface area contributed by atoms with Gasteiger partial charge in [0.05, 0.1) is 0 Å². The maximum atomic E-state index is 13.0. The molecule has 0 atom stereocenters. The number of allylic oxidation sites excluding steroid dienone is 2. The molecule has 5 rings (SSSR count). The van der Waals surface area contributed by atoms with Gasteiger partial charge in [0.1, 0.15) is 21.5 Å². The number of carbonyl (C=O) groups is 2. The number of hydrogen-bond acceptors (Lipinski definition) is 4. The molecule has 4 nitrogen and oxygen atoms in total. The monoisotopic (exact) mass is 510 g/mol. The lowest BCUT2D eigenvalue weighted by molar-refractivity contribution is -0.115. The van der Waals surface area contributed by atoms with Crippen molar-refractivity contribution in [1.82, 2.24) is 0 Å². The van der Waals surface area contributed by atoms with E-state index in [1.54, 1.807) is 0 Å². The normalized spacial score (nSPS) is 13.7. The van der Waals surface area contributed by atoms with Crippen molar-refractivity contribution in [1.29, 1.82) is 0 Å². The fraction of sp³-hybridized carbons (Fsp3) is 0. The fourth-order valence-corrected chi connectivity index (χ4v) is 4.37. The number of benzene rings is 4. The van der Waals surface area contributed by atoms with Gasteiger partial charge in [0.25, 0.3) is 0 Å². The van der Waals surface area contributed by atoms with Gasteiger partial charge in [-0.2, -0.15) is 0 Å². The Kier molecular flexibility index (Phi) is 6.72. The largest absolute Gasteiger partial charge is 0.351 e. The SMILES string of the molecule is O=C1C(Cl)=C(Nc2ccc(-c3ccccc3)cc2)C(=O)C(Cl)=C1Nc1ccc(-c2ccccc2)cc1. The van der Waals surface area contributed by atoms with Crippen LogP contribution in [0.3, 0.4) is 0 Å². The summed E-state index contributed by atoms with van der Waals surface area (Å²) in [7, 11) is 0. The summed E-state index contributed by atoms with van der Waals surface area (Å²) >= 11 is 12.7. The highest BCUT2D eigenvalue weighted by Crippen LogP contribution is 2.32. The minimum absolute atomic E-state index is 0.0518. The zero-order valence-electron chi connectivity index (χ0n) is 19.0. The summed E-state index contributed by atoms with van der Waals surface area (Å²) in [6, 6.07) is 34.8. The lowest BCUT2D eigenvalue weighted by Gasteiger charge is -2.20. The molecule has 6 heteroatoms. The van der Waals surface area contributed by atoms with Crippen LogP contribution < -0.4 is 10.6 Å². The van der Waals surface area contributed by atoms with Gasteiger partial charge >= 0.3 is 0 Å². The first kappa shape index (κ1) is 23.6. The second-order valence-corrected chi connectivity index (χ2v) is 8.93. The average Bonchev–Trinajstić information content (AvgIpc) is 2.94. The highest BCUT2D eigenvalue weighted by molar-refractivity contribution is 6.56. The number of halogens is 2. The van der Waals surface area contributed by atoms with Crippen LogP contribution in [-0.2, 0) is 9.59 Å². The van der Waals surface area contributed by atoms with Crippen molar-refractivity contribution in [2.45, 2.75) is 0 Å². The molecule has 0 saturated heterocycles. The average molecular weight is 511 g/mol. The van der Waals surface area contributed by atoms with Crippen LogP contribution in [0, 0.1) is 0 Å². The molecular formula is C30H20Cl2N2O2. The third-order valence-electron chi connectivity index (χ3n) is 5.81. The topological polar surface area (TPSA) is 58.2 Å². The Bertz CT molecular complexity index is 1380. The van der Waals surface area contributed by atoms with Crippen LogP contribution in [0.2, 0.25) is 0 Å². The van der Waals surface area contributed by atoms with E-state index in [9.17, 15) is 9.59 Å². The molecule has 2 N–H and O–H groups in total. The van der Waals surface area contributed by atoms with Gasteiger partial charge < -0.3 is 10.6 Å². The molecule has 0 unspecified atom stereocenters. The van der Waals surface area contributed by atoms with Crippen LogP contribution >= 0.6 is 23.2 Å². The lowest BCUT2D eigenvalue weighted by Crippen LogP contribution is -2.27. The molecule has 36 heavy (non-hydrogen) atoms. The van der Waals surface area contributed by atoms with Crippen LogP contribution in [0.5, 0.6) is 0 Å². The van der Waals surface area contributed by atoms with E-state index in [0.717, 1.165) is 22.3 Å². The molecule has 4 aromatic rings. The van der Waals surface area contributed by atoms with E-state index in [1.807, 2.05) is 109 Å². The minimum Gasteiger partial charge on any atom is -0.351 e. The molecule has 176 valence electrons. The van der Waals surface area contributed by atoms with Crippen molar-refractivity contribution in [3.05, 3.63) is 131 Å². The zero-order valence-corrected chi connectivity index (χ0v) is 20.5. The highest BCUT2D eigenvalue weighted by atomic mass is 35.5. The van der Waals surface area contributed by atoms with Crippen molar-refractivity contribution < 1.29 is 9.59 Å². The summed E-state index contributed by atoms with van der Waals surface area (Å²) in [5.74, 6) is -1.12. The zero-order chi connectivity index (χ0) is 25.1. The number of carbonyl (C=O) groups excluding carboxylic acids is 2. The lowest BCUT2D eigenvalue weighted by atomic mass is 10.0. The maximum Gasteiger partial charge on any atom is 0.224 e. The van der Waals surface area contributed by atoms with Gasteiger partial charge in [0.15, 0.2) is 0 Å². The second kappa shape index (κ2) is 10.2. The van der Waals surface area contributed by atoms with Gasteiger partial charge in [-0.1, -0.05) is 108 Å². The van der Waals surface area contributed by atoms with Gasteiger partial charge in [-0.3, -0.25) is 9.59 Å². The Morgan fingerprint density at radius 3 is 1.06 bits per heavy atom. The maximum absolute atomic E-state index is 13.0. The molecular weight excluding hydrogens is 491 g/mol. The third kappa shape index (κ3) is 4.82. The molecule has 0 bridgehead atoms. The molecule has 0 amide bonds. The predicted molar refractivity (Wildman–Crippen MR) is 147 cm³/mol. The predicted octanol–water partition coefficient (Wildman–Crippen LogP) is 7.60. The van der Waals surface area contributed by atoms with Gasteiger partial charge in [-0.05, 0) is 46.5 Å². The number of nitrogens with one attached hydrogen (secondary N) is 2. The molecule has 0 aliphatic heterocycles. The first-order valence-corrected chi connectivity index (χ1v) is 12.0. The fourth-order valence-electron chi connectivity index (χ4n) is 3.91. The molecule has 0 heterocycles. The van der Waals surface area contributed by atoms with Crippen molar-refractivity contribution in [2.75, 3.05) is 10.6 Å². The summed E-state index contributed by atoms with van der Waals surface area (Å²) in [4.78, 5) is 26.1. The van der Waals surface area contributed by atoms with Crippen molar-refractivity contribution >= 4 is 46.1 Å². The quantitative estimate of drug-likeness (QED) is 0.262. The summed E-state index contributed by atoms with van der Waals surface area (Å²) in [6.07, 6.45) is 0. The summed E-state index contributed by atoms with van der Waals surface area (Å²) in [6.45, 7) is 0. The van der Waals surface area contributed by atoms with Crippen LogP contribution in [0.15, 0.2) is 131 Å². The van der Waals surface area contributed by atoms with E-state index in [4.69, 9.17) is 23.2 Å². The van der Waals surface area contributed by atoms with Gasteiger partial charge in [0.2, 0.25) is 11.6 Å². The Morgan fingerprint density at radius 2 is 0.722 bits per heavy atom. The van der Waals surface area contributed by atoms with Crippen LogP contribution in [-0.4, -0.2) is 11.6 Å². The summed E-state index contributed by atoms with van der Waals surface area (Å²) < 4.78 is 0. The first-order valence-electron chi connectivity index (χ1n) is 11.3. The third-order valence-corrected chi connectivity index (χ3v) is 6.54. The van der Waals surface area contributed by atoms with Crippen molar-refractivity contribution in [3.8, 4) is 22.3 Å². The second-order valence-electron chi connectivity index (χ2n) is 8.17. The van der Waals surface area contributed by atoms with Crippen molar-refractivity contribution in [3.63, 3.8) is 0 Å². The number of hydrogen-bond donors (Lipinski definition) is 2. The van der Waals surface area contributed by atoms with E-state index in [2.05, 4.69) is 10.6 Å². The Balaban J connectivity index is 1.33. The van der Waals surface area contributed by atoms with E-state index < -0.39 is 11.6 Å². The van der Waals surface area contributed by atoms with Gasteiger partial charge in [-0.15, -0.1) is 0 Å². The molecule has 1 aliphatic carbocycles. The molecule has 0 spiro atoms. The molecule has 0 fully saturated rings. The Morgan fingerprint density at radius 1 is 0.417 bits per heavy atom. The number of ketones is 2. The van der Waals surface area contributed by atoms with Crippen molar-refractivity contribution in [2.24, 2.45) is 0 Å². The van der Waals surface area contributed by atoms with Gasteiger partial charge in [-0.25, -0.2) is 0 Å². The summed E-state index contributed by atoms with van der Waals surface area (Å²) in [5.41, 5.74) is 5.31. The van der Waals surface area contributed by atoms with E-state index in [0.29, 0.717) is 11.4 Å². The van der Waals surface area contributed by atoms with E-state index in [-0.39, 0.29) is 21.5 Å². The van der Waals surface area contributed by atoms with Gasteiger partial charge in [0, 0.05) is 11.4 Å². The molecule has 0 saturated carbocycles. The van der Waals surface area contributed by atoms with Crippen LogP contribution in [0.4, 0.5) is 11.4 Å². The Hall–Kier alpha value is -4.12. The number of Topliss-reactive ketones (excluding diaryl/α,β-unsaturated/α-hetero) is 2. The first-order chi connectivity index (χ1) is 17.5. The molecule has 1 aliphatic rings. The highest BCUT2D eigenvalue weighted by Gasteiger charge is 2.33. The molecule has 0 aromatic heterocycles. The Labute approximate surface area is 218 Å². The summed E-state index contributed by atoms with van der Waals surface area (Å²) in [5, 5.41) is 5.48. The number of anilines is 2. The minimum atomic E-state index is -0.559. The standard InChI is InChI=1S/C30H20Cl2N2O2/c31-25-27(33-23-15-11-21(12-16-23)19-7-3-1-4-8-19)29(35)26(32)28(30(25)36)34-24-17-13-22(14-18-24)20-9-5-2-6-10-20/h1-18,33-34H. The van der Waals surface area contributed by atoms with E-state index in [1.165, 1.54) is 0 Å². The number of rotatable bonds is 6. The van der Waals surface area contributed by atoms with Crippen LogP contribution in [0.1, 0.15) is 0 Å². The smallest absolute Gasteiger partial charge is 0.224 e. The molecule has 4 aromatic carbocycles.